The number of aryl methyl sites for hydroxylation is 2. The molecule has 0 saturated heterocycles. The Morgan fingerprint density at radius 1 is 1.21 bits per heavy atom. The average molecular weight is 273 g/mol. The summed E-state index contributed by atoms with van der Waals surface area (Å²) in [6.07, 6.45) is 3.51. The molecule has 2 aromatic rings. The fourth-order valence-electron chi connectivity index (χ4n) is 2.46. The molecular weight excluding hydrogens is 250 g/mol. The van der Waals surface area contributed by atoms with Gasteiger partial charge < -0.3 is 5.32 Å². The molecule has 0 aliphatic heterocycles. The fraction of sp³-hybridized carbons (Fsp3) is 0.412. The lowest BCUT2D eigenvalue weighted by atomic mass is 9.99. The van der Waals surface area contributed by atoms with Crippen molar-refractivity contribution < 1.29 is 0 Å². The van der Waals surface area contributed by atoms with Crippen molar-refractivity contribution in [2.24, 2.45) is 0 Å². The van der Waals surface area contributed by atoms with Crippen LogP contribution in [-0.4, -0.2) is 12.6 Å². The molecule has 2 rings (SSSR count). The highest BCUT2D eigenvalue weighted by Gasteiger charge is 2.09. The molecular formula is C17H23NS. The number of thiophene rings is 1. The minimum atomic E-state index is 0.576. The van der Waals surface area contributed by atoms with Crippen LogP contribution in [-0.2, 0) is 12.8 Å². The van der Waals surface area contributed by atoms with Crippen LogP contribution in [0, 0.1) is 6.92 Å². The highest BCUT2D eigenvalue weighted by Crippen LogP contribution is 2.13. The Morgan fingerprint density at radius 3 is 2.79 bits per heavy atom. The summed E-state index contributed by atoms with van der Waals surface area (Å²) in [5.41, 5.74) is 4.26. The van der Waals surface area contributed by atoms with Gasteiger partial charge in [-0.05, 0) is 60.7 Å². The molecule has 1 atom stereocenters. The van der Waals surface area contributed by atoms with Gasteiger partial charge in [-0.15, -0.1) is 0 Å². The van der Waals surface area contributed by atoms with Crippen molar-refractivity contribution in [2.45, 2.75) is 39.2 Å². The van der Waals surface area contributed by atoms with E-state index in [-0.39, 0.29) is 0 Å². The first-order valence-corrected chi connectivity index (χ1v) is 8.02. The first-order chi connectivity index (χ1) is 9.28. The van der Waals surface area contributed by atoms with Gasteiger partial charge in [-0.1, -0.05) is 36.8 Å². The largest absolute Gasteiger partial charge is 0.314 e. The van der Waals surface area contributed by atoms with Crippen molar-refractivity contribution >= 4 is 11.3 Å². The van der Waals surface area contributed by atoms with Gasteiger partial charge >= 0.3 is 0 Å². The first-order valence-electron chi connectivity index (χ1n) is 7.08. The van der Waals surface area contributed by atoms with E-state index in [4.69, 9.17) is 0 Å². The van der Waals surface area contributed by atoms with Crippen molar-refractivity contribution in [1.29, 1.82) is 0 Å². The van der Waals surface area contributed by atoms with Gasteiger partial charge in [-0.25, -0.2) is 0 Å². The zero-order valence-electron chi connectivity index (χ0n) is 11.9. The van der Waals surface area contributed by atoms with Crippen LogP contribution < -0.4 is 5.32 Å². The molecule has 19 heavy (non-hydrogen) atoms. The predicted octanol–water partition coefficient (Wildman–Crippen LogP) is 4.21. The average Bonchev–Trinajstić information content (AvgIpc) is 2.89. The number of benzene rings is 1. The summed E-state index contributed by atoms with van der Waals surface area (Å²) >= 11 is 1.79. The van der Waals surface area contributed by atoms with E-state index < -0.39 is 0 Å². The van der Waals surface area contributed by atoms with Crippen LogP contribution in [0.1, 0.15) is 30.0 Å². The summed E-state index contributed by atoms with van der Waals surface area (Å²) in [5, 5.41) is 8.04. The molecule has 0 amide bonds. The third-order valence-electron chi connectivity index (χ3n) is 3.42. The molecule has 0 aliphatic rings. The van der Waals surface area contributed by atoms with Crippen molar-refractivity contribution in [3.8, 4) is 0 Å². The van der Waals surface area contributed by atoms with Crippen molar-refractivity contribution in [1.82, 2.24) is 5.32 Å². The molecule has 1 unspecified atom stereocenters. The molecule has 1 heterocycles. The normalized spacial score (nSPS) is 12.5. The van der Waals surface area contributed by atoms with Crippen LogP contribution in [0.15, 0.2) is 41.1 Å². The molecule has 102 valence electrons. The summed E-state index contributed by atoms with van der Waals surface area (Å²) in [6, 6.07) is 11.7. The Kier molecular flexibility index (Phi) is 5.62. The van der Waals surface area contributed by atoms with Gasteiger partial charge in [0.2, 0.25) is 0 Å². The number of rotatable bonds is 7. The van der Waals surface area contributed by atoms with Crippen molar-refractivity contribution in [3.05, 3.63) is 57.8 Å². The zero-order valence-corrected chi connectivity index (χ0v) is 12.7. The van der Waals surface area contributed by atoms with Crippen molar-refractivity contribution in [2.75, 3.05) is 6.54 Å². The summed E-state index contributed by atoms with van der Waals surface area (Å²) in [4.78, 5) is 0. The summed E-state index contributed by atoms with van der Waals surface area (Å²) in [5.74, 6) is 0. The highest BCUT2D eigenvalue weighted by atomic mass is 32.1. The first kappa shape index (κ1) is 14.3. The number of nitrogens with one attached hydrogen (secondary N) is 1. The highest BCUT2D eigenvalue weighted by molar-refractivity contribution is 7.07. The van der Waals surface area contributed by atoms with Crippen LogP contribution in [0.4, 0.5) is 0 Å². The standard InChI is InChI=1S/C17H23NS/c1-3-18-17(8-7-15-9-10-19-13-15)12-16-6-4-5-14(2)11-16/h4-6,9-11,13,17-18H,3,7-8,12H2,1-2H3. The van der Waals surface area contributed by atoms with E-state index in [1.54, 1.807) is 11.3 Å². The maximum atomic E-state index is 3.62. The van der Waals surface area contributed by atoms with Gasteiger partial charge in [0.05, 0.1) is 0 Å². The van der Waals surface area contributed by atoms with E-state index in [0.29, 0.717) is 6.04 Å². The summed E-state index contributed by atoms with van der Waals surface area (Å²) in [7, 11) is 0. The molecule has 0 bridgehead atoms. The topological polar surface area (TPSA) is 12.0 Å². The van der Waals surface area contributed by atoms with Crippen LogP contribution in [0.2, 0.25) is 0 Å². The van der Waals surface area contributed by atoms with E-state index in [1.165, 1.54) is 29.5 Å². The molecule has 0 spiro atoms. The SMILES string of the molecule is CCNC(CCc1ccsc1)Cc1cccc(C)c1. The Labute approximate surface area is 120 Å². The minimum Gasteiger partial charge on any atom is -0.314 e. The fourth-order valence-corrected chi connectivity index (χ4v) is 3.17. The van der Waals surface area contributed by atoms with Gasteiger partial charge in [0, 0.05) is 6.04 Å². The third-order valence-corrected chi connectivity index (χ3v) is 4.15. The minimum absolute atomic E-state index is 0.576. The number of hydrogen-bond donors (Lipinski definition) is 1. The maximum absolute atomic E-state index is 3.62. The molecule has 1 aromatic heterocycles. The molecule has 2 heteroatoms. The molecule has 1 aromatic carbocycles. The third kappa shape index (κ3) is 4.81. The van der Waals surface area contributed by atoms with Crippen LogP contribution in [0.3, 0.4) is 0 Å². The lowest BCUT2D eigenvalue weighted by Gasteiger charge is -2.18. The summed E-state index contributed by atoms with van der Waals surface area (Å²) in [6.45, 7) is 5.39. The quantitative estimate of drug-likeness (QED) is 0.797. The van der Waals surface area contributed by atoms with Crippen LogP contribution >= 0.6 is 11.3 Å². The molecule has 0 radical (unpaired) electrons. The van der Waals surface area contributed by atoms with Gasteiger partial charge in [0.15, 0.2) is 0 Å². The van der Waals surface area contributed by atoms with Gasteiger partial charge in [-0.3, -0.25) is 0 Å². The zero-order chi connectivity index (χ0) is 13.5. The van der Waals surface area contributed by atoms with E-state index in [9.17, 15) is 0 Å². The second-order valence-electron chi connectivity index (χ2n) is 5.12. The predicted molar refractivity (Wildman–Crippen MR) is 85.0 cm³/mol. The van der Waals surface area contributed by atoms with Crippen LogP contribution in [0.5, 0.6) is 0 Å². The molecule has 1 nitrogen and oxygen atoms in total. The smallest absolute Gasteiger partial charge is 0.0110 e. The molecule has 0 saturated carbocycles. The van der Waals surface area contributed by atoms with Crippen molar-refractivity contribution in [3.63, 3.8) is 0 Å². The van der Waals surface area contributed by atoms with E-state index in [0.717, 1.165) is 13.0 Å². The monoisotopic (exact) mass is 273 g/mol. The summed E-state index contributed by atoms with van der Waals surface area (Å²) < 4.78 is 0. The van der Waals surface area contributed by atoms with Gasteiger partial charge in [0.1, 0.15) is 0 Å². The lowest BCUT2D eigenvalue weighted by molar-refractivity contribution is 0.491. The number of likely N-dealkylation sites (N-methyl/N-ethyl adjacent to an activating group) is 1. The molecule has 1 N–H and O–H groups in total. The van der Waals surface area contributed by atoms with Gasteiger partial charge in [-0.2, -0.15) is 11.3 Å². The lowest BCUT2D eigenvalue weighted by Crippen LogP contribution is -2.31. The van der Waals surface area contributed by atoms with Crippen LogP contribution in [0.25, 0.3) is 0 Å². The number of hydrogen-bond acceptors (Lipinski definition) is 2. The van der Waals surface area contributed by atoms with E-state index in [2.05, 4.69) is 60.3 Å². The second kappa shape index (κ2) is 7.46. The Hall–Kier alpha value is -1.12. The van der Waals surface area contributed by atoms with E-state index >= 15 is 0 Å². The molecule has 0 fully saturated rings. The Balaban J connectivity index is 1.91. The maximum Gasteiger partial charge on any atom is 0.0110 e. The molecule has 0 aliphatic carbocycles. The Morgan fingerprint density at radius 2 is 2.11 bits per heavy atom. The van der Waals surface area contributed by atoms with E-state index in [1.807, 2.05) is 0 Å². The Bertz CT molecular complexity index is 476. The van der Waals surface area contributed by atoms with Gasteiger partial charge in [0.25, 0.3) is 0 Å². The second-order valence-corrected chi connectivity index (χ2v) is 5.90.